The number of carbonyl (C=O) groups excluding carboxylic acids is 2. The minimum atomic E-state index is -0.701. The first kappa shape index (κ1) is 20.9. The van der Waals surface area contributed by atoms with Crippen molar-refractivity contribution in [1.82, 2.24) is 5.32 Å². The van der Waals surface area contributed by atoms with Gasteiger partial charge in [0.15, 0.2) is 16.7 Å². The molecular weight excluding hydrogens is 448 g/mol. The Hall–Kier alpha value is -3.31. The first-order valence-electron chi connectivity index (χ1n) is 9.09. The number of thioether (sulfide) groups is 1. The molecule has 0 aliphatic carbocycles. The zero-order chi connectivity index (χ0) is 22.0. The molecule has 2 N–H and O–H groups in total. The number of rotatable bonds is 5. The maximum absolute atomic E-state index is 12.4. The minimum absolute atomic E-state index is 0.106. The lowest BCUT2D eigenvalue weighted by molar-refractivity contribution is -0.384. The smallest absolute Gasteiger partial charge is 0.271 e. The molecule has 0 bridgehead atoms. The molecule has 2 aliphatic heterocycles. The predicted molar refractivity (Wildman–Crippen MR) is 115 cm³/mol. The summed E-state index contributed by atoms with van der Waals surface area (Å²) in [5, 5.41) is 15.9. The van der Waals surface area contributed by atoms with Crippen molar-refractivity contribution in [2.75, 3.05) is 18.5 Å². The fourth-order valence-electron chi connectivity index (χ4n) is 2.90. The number of aliphatic imine (C=N–C) groups is 1. The normalized spacial score (nSPS) is 18.5. The van der Waals surface area contributed by atoms with E-state index in [1.165, 1.54) is 12.1 Å². The number of nitro groups is 1. The third-order valence-corrected chi connectivity index (χ3v) is 5.75. The van der Waals surface area contributed by atoms with E-state index in [4.69, 9.17) is 21.1 Å². The summed E-state index contributed by atoms with van der Waals surface area (Å²) in [6.07, 6.45) is -0.157. The second-order valence-electron chi connectivity index (χ2n) is 6.51. The number of anilines is 1. The number of carbonyl (C=O) groups is 2. The van der Waals surface area contributed by atoms with E-state index in [0.29, 0.717) is 35.6 Å². The van der Waals surface area contributed by atoms with Crippen LogP contribution >= 0.6 is 23.4 Å². The Balaban J connectivity index is 1.41. The number of nitrogens with one attached hydrogen (secondary N) is 2. The van der Waals surface area contributed by atoms with E-state index in [2.05, 4.69) is 15.6 Å². The van der Waals surface area contributed by atoms with Crippen LogP contribution in [-0.2, 0) is 9.59 Å². The van der Waals surface area contributed by atoms with Crippen molar-refractivity contribution < 1.29 is 24.0 Å². The molecule has 1 saturated heterocycles. The molecule has 0 radical (unpaired) electrons. The molecule has 0 unspecified atom stereocenters. The average molecular weight is 463 g/mol. The molecular formula is C19H15ClN4O6S. The zero-order valence-corrected chi connectivity index (χ0v) is 17.4. The molecule has 2 aromatic rings. The first-order valence-corrected chi connectivity index (χ1v) is 10.3. The van der Waals surface area contributed by atoms with Gasteiger partial charge in [0.05, 0.1) is 21.3 Å². The van der Waals surface area contributed by atoms with Gasteiger partial charge in [-0.3, -0.25) is 19.7 Å². The molecule has 0 aromatic heterocycles. The van der Waals surface area contributed by atoms with E-state index in [0.717, 1.165) is 17.8 Å². The van der Waals surface area contributed by atoms with Gasteiger partial charge >= 0.3 is 0 Å². The van der Waals surface area contributed by atoms with Gasteiger partial charge in [-0.1, -0.05) is 23.4 Å². The van der Waals surface area contributed by atoms with E-state index in [1.54, 1.807) is 18.2 Å². The van der Waals surface area contributed by atoms with Crippen LogP contribution < -0.4 is 20.1 Å². The number of amides is 2. The van der Waals surface area contributed by atoms with Gasteiger partial charge in [-0.15, -0.1) is 0 Å². The summed E-state index contributed by atoms with van der Waals surface area (Å²) in [5.41, 5.74) is 0.469. The Morgan fingerprint density at radius 3 is 2.81 bits per heavy atom. The molecule has 0 saturated carbocycles. The predicted octanol–water partition coefficient (Wildman–Crippen LogP) is 3.27. The number of hydrogen-bond donors (Lipinski definition) is 2. The van der Waals surface area contributed by atoms with E-state index in [-0.39, 0.29) is 28.7 Å². The highest BCUT2D eigenvalue weighted by Gasteiger charge is 2.32. The summed E-state index contributed by atoms with van der Waals surface area (Å²) in [6, 6.07) is 8.90. The summed E-state index contributed by atoms with van der Waals surface area (Å²) >= 11 is 7.11. The van der Waals surface area contributed by atoms with Crippen LogP contribution in [0.2, 0.25) is 5.02 Å². The van der Waals surface area contributed by atoms with Crippen LogP contribution in [0.25, 0.3) is 0 Å². The highest BCUT2D eigenvalue weighted by Crippen LogP contribution is 2.35. The number of non-ortho nitro benzene ring substituents is 1. The van der Waals surface area contributed by atoms with E-state index in [9.17, 15) is 19.7 Å². The van der Waals surface area contributed by atoms with Gasteiger partial charge in [-0.2, -0.15) is 0 Å². The number of ether oxygens (including phenoxy) is 2. The average Bonchev–Trinajstić information content (AvgIpc) is 3.07. The lowest BCUT2D eigenvalue weighted by atomic mass is 10.2. The Kier molecular flexibility index (Phi) is 5.96. The van der Waals surface area contributed by atoms with Crippen molar-refractivity contribution >= 4 is 57.4 Å². The molecule has 2 amide bonds. The number of nitro benzene ring substituents is 1. The number of halogens is 1. The van der Waals surface area contributed by atoms with E-state index >= 15 is 0 Å². The van der Waals surface area contributed by atoms with Gasteiger partial charge in [0, 0.05) is 24.6 Å². The van der Waals surface area contributed by atoms with Crippen LogP contribution in [-0.4, -0.2) is 40.4 Å². The highest BCUT2D eigenvalue weighted by atomic mass is 35.5. The number of hydrogen-bond acceptors (Lipinski definition) is 8. The number of nitrogens with zero attached hydrogens (tertiary/aromatic N) is 2. The summed E-state index contributed by atoms with van der Waals surface area (Å²) in [6.45, 7) is 0.933. The quantitative estimate of drug-likeness (QED) is 0.514. The van der Waals surface area contributed by atoms with Crippen molar-refractivity contribution in [3.63, 3.8) is 0 Å². The molecule has 12 heteroatoms. The molecule has 4 rings (SSSR count). The van der Waals surface area contributed by atoms with Gasteiger partial charge in [0.1, 0.15) is 18.5 Å². The topological polar surface area (TPSA) is 132 Å². The van der Waals surface area contributed by atoms with Crippen LogP contribution in [0.4, 0.5) is 17.1 Å². The maximum Gasteiger partial charge on any atom is 0.271 e. The van der Waals surface area contributed by atoms with Crippen molar-refractivity contribution in [3.8, 4) is 11.5 Å². The van der Waals surface area contributed by atoms with Crippen LogP contribution in [0.1, 0.15) is 6.42 Å². The molecule has 160 valence electrons. The maximum atomic E-state index is 12.4. The molecule has 2 aliphatic rings. The number of amidine groups is 1. The fourth-order valence-corrected chi connectivity index (χ4v) is 4.06. The lowest BCUT2D eigenvalue weighted by Crippen LogP contribution is -2.28. The Bertz CT molecular complexity index is 1110. The first-order chi connectivity index (χ1) is 14.9. The third-order valence-electron chi connectivity index (χ3n) is 4.34. The lowest BCUT2D eigenvalue weighted by Gasteiger charge is -2.18. The van der Waals surface area contributed by atoms with Crippen LogP contribution in [0, 0.1) is 10.1 Å². The minimum Gasteiger partial charge on any atom is -0.486 e. The number of benzene rings is 2. The summed E-state index contributed by atoms with van der Waals surface area (Å²) in [7, 11) is 0. The van der Waals surface area contributed by atoms with Crippen molar-refractivity contribution in [2.24, 2.45) is 4.99 Å². The molecule has 2 heterocycles. The molecule has 1 fully saturated rings. The molecule has 0 spiro atoms. The molecule has 1 atom stereocenters. The van der Waals surface area contributed by atoms with Crippen LogP contribution in [0.15, 0.2) is 41.4 Å². The van der Waals surface area contributed by atoms with Gasteiger partial charge in [0.25, 0.3) is 5.69 Å². The molecule has 10 nitrogen and oxygen atoms in total. The third kappa shape index (κ3) is 4.89. The summed E-state index contributed by atoms with van der Waals surface area (Å²) in [4.78, 5) is 39.3. The Morgan fingerprint density at radius 1 is 1.26 bits per heavy atom. The fraction of sp³-hybridized carbons (Fsp3) is 0.211. The zero-order valence-electron chi connectivity index (χ0n) is 15.8. The standard InChI is InChI=1S/C19H15ClN4O6S/c20-12-3-2-11(24(27)28)8-13(12)22-17(25)9-16-18(26)23-19(31-16)21-10-1-4-14-15(7-10)30-6-5-29-14/h1-4,7-8,16H,5-6,9H2,(H,22,25)(H,21,23,26)/t16-/m1/s1. The number of fused-ring (bicyclic) bond motifs is 1. The van der Waals surface area contributed by atoms with Gasteiger partial charge in [0.2, 0.25) is 11.8 Å². The van der Waals surface area contributed by atoms with Crippen molar-refractivity contribution in [2.45, 2.75) is 11.7 Å². The molecule has 31 heavy (non-hydrogen) atoms. The van der Waals surface area contributed by atoms with Gasteiger partial charge in [-0.05, 0) is 18.2 Å². The van der Waals surface area contributed by atoms with E-state index in [1.807, 2.05) is 0 Å². The SMILES string of the molecule is O=C(C[C@H]1SC(=Nc2ccc3c(c2)OCCO3)NC1=O)Nc1cc([N+](=O)[O-])ccc1Cl. The van der Waals surface area contributed by atoms with Gasteiger partial charge in [-0.25, -0.2) is 4.99 Å². The second-order valence-corrected chi connectivity index (χ2v) is 8.11. The Morgan fingerprint density at radius 2 is 2.03 bits per heavy atom. The van der Waals surface area contributed by atoms with Crippen molar-refractivity contribution in [3.05, 3.63) is 51.5 Å². The summed E-state index contributed by atoms with van der Waals surface area (Å²) < 4.78 is 11.0. The highest BCUT2D eigenvalue weighted by molar-refractivity contribution is 8.15. The van der Waals surface area contributed by atoms with Crippen molar-refractivity contribution in [1.29, 1.82) is 0 Å². The monoisotopic (exact) mass is 462 g/mol. The van der Waals surface area contributed by atoms with E-state index < -0.39 is 16.1 Å². The molecule has 2 aromatic carbocycles. The summed E-state index contributed by atoms with van der Waals surface area (Å²) in [5.74, 6) is 0.345. The Labute approximate surface area is 185 Å². The second kappa shape index (κ2) is 8.82. The van der Waals surface area contributed by atoms with Gasteiger partial charge < -0.3 is 20.1 Å². The largest absolute Gasteiger partial charge is 0.486 e. The van der Waals surface area contributed by atoms with Crippen LogP contribution in [0.5, 0.6) is 11.5 Å². The van der Waals surface area contributed by atoms with Crippen LogP contribution in [0.3, 0.4) is 0 Å².